The SMILES string of the molecule is NC(=O)NCCn1nnnc1SCC1=C(C(=O)O)N2C(=O)C(NC(=O)[C@H](N)c3ccccc3)[C@H]2SC1. The molecule has 2 aliphatic rings. The van der Waals surface area contributed by atoms with Gasteiger partial charge in [0.2, 0.25) is 11.1 Å². The molecule has 36 heavy (non-hydrogen) atoms. The highest BCUT2D eigenvalue weighted by molar-refractivity contribution is 8.01. The molecule has 1 aromatic heterocycles. The maximum absolute atomic E-state index is 12.9. The molecule has 3 atom stereocenters. The Balaban J connectivity index is 1.41. The van der Waals surface area contributed by atoms with Crippen LogP contribution >= 0.6 is 23.5 Å². The number of thioether (sulfide) groups is 2. The number of urea groups is 1. The van der Waals surface area contributed by atoms with Crippen LogP contribution in [0.1, 0.15) is 11.6 Å². The molecule has 4 rings (SSSR count). The van der Waals surface area contributed by atoms with Gasteiger partial charge in [-0.3, -0.25) is 14.5 Å². The van der Waals surface area contributed by atoms with Crippen molar-refractivity contribution in [2.75, 3.05) is 18.1 Å². The zero-order valence-electron chi connectivity index (χ0n) is 18.7. The third kappa shape index (κ3) is 5.29. The largest absolute Gasteiger partial charge is 0.477 e. The van der Waals surface area contributed by atoms with Crippen molar-refractivity contribution in [1.82, 2.24) is 35.7 Å². The van der Waals surface area contributed by atoms with E-state index < -0.39 is 41.3 Å². The Morgan fingerprint density at radius 2 is 2.03 bits per heavy atom. The van der Waals surface area contributed by atoms with E-state index in [1.165, 1.54) is 33.1 Å². The molecule has 16 heteroatoms. The van der Waals surface area contributed by atoms with Crippen LogP contribution < -0.4 is 22.1 Å². The maximum Gasteiger partial charge on any atom is 0.352 e. The Bertz CT molecular complexity index is 1210. The van der Waals surface area contributed by atoms with E-state index in [9.17, 15) is 24.3 Å². The van der Waals surface area contributed by atoms with Crippen LogP contribution in [0.25, 0.3) is 0 Å². The summed E-state index contributed by atoms with van der Waals surface area (Å²) in [7, 11) is 0. The molecule has 190 valence electrons. The first-order valence-corrected chi connectivity index (χ1v) is 12.7. The summed E-state index contributed by atoms with van der Waals surface area (Å²) in [5.41, 5.74) is 12.1. The molecule has 2 aliphatic heterocycles. The molecule has 14 nitrogen and oxygen atoms in total. The van der Waals surface area contributed by atoms with Crippen LogP contribution in [0.15, 0.2) is 46.8 Å². The van der Waals surface area contributed by atoms with Gasteiger partial charge in [-0.2, -0.15) is 0 Å². The van der Waals surface area contributed by atoms with E-state index in [0.717, 1.165) is 0 Å². The molecule has 0 bridgehead atoms. The standard InChI is InChI=1S/C20H23N9O5S2/c21-12(10-4-2-1-3-5-10)15(30)24-13-16(31)29-14(18(32)33)11(8-35-17(13)29)9-36-20-25-26-27-28(20)7-6-23-19(22)34/h1-5,12-13,17H,6-9,21H2,(H,24,30)(H,32,33)(H3,22,23,34)/t12-,13?,17-/m1/s1. The molecule has 3 heterocycles. The number of hydrogen-bond donors (Lipinski definition) is 5. The quantitative estimate of drug-likeness (QED) is 0.182. The second kappa shape index (κ2) is 11.0. The highest BCUT2D eigenvalue weighted by Crippen LogP contribution is 2.41. The van der Waals surface area contributed by atoms with Gasteiger partial charge in [0.1, 0.15) is 23.2 Å². The number of nitrogens with zero attached hydrogens (tertiary/aromatic N) is 5. The van der Waals surface area contributed by atoms with Crippen molar-refractivity contribution in [2.24, 2.45) is 11.5 Å². The van der Waals surface area contributed by atoms with Gasteiger partial charge in [0, 0.05) is 18.1 Å². The zero-order valence-corrected chi connectivity index (χ0v) is 20.4. The minimum absolute atomic E-state index is 0.108. The number of nitrogens with two attached hydrogens (primary N) is 2. The summed E-state index contributed by atoms with van der Waals surface area (Å²) in [6, 6.07) is 6.27. The summed E-state index contributed by atoms with van der Waals surface area (Å²) >= 11 is 2.56. The molecule has 0 saturated carbocycles. The number of amides is 4. The molecular weight excluding hydrogens is 510 g/mol. The van der Waals surface area contributed by atoms with E-state index in [1.54, 1.807) is 30.3 Å². The number of fused-ring (bicyclic) bond motifs is 1. The second-order valence-electron chi connectivity index (χ2n) is 7.81. The van der Waals surface area contributed by atoms with E-state index >= 15 is 0 Å². The molecule has 0 radical (unpaired) electrons. The van der Waals surface area contributed by atoms with E-state index in [0.29, 0.717) is 22.0 Å². The summed E-state index contributed by atoms with van der Waals surface area (Å²) < 4.78 is 1.46. The molecule has 4 amide bonds. The number of rotatable bonds is 10. The molecule has 0 aliphatic carbocycles. The second-order valence-corrected chi connectivity index (χ2v) is 9.85. The highest BCUT2D eigenvalue weighted by atomic mass is 32.2. The Labute approximate surface area is 213 Å². The first-order valence-electron chi connectivity index (χ1n) is 10.7. The number of β-lactam (4-membered cyclic amide) rings is 1. The summed E-state index contributed by atoms with van der Waals surface area (Å²) in [4.78, 5) is 49.6. The number of carboxylic acid groups (broad SMARTS) is 1. The average Bonchev–Trinajstić information content (AvgIpc) is 3.32. The fraction of sp³-hybridized carbons (Fsp3) is 0.350. The highest BCUT2D eigenvalue weighted by Gasteiger charge is 2.54. The minimum Gasteiger partial charge on any atom is -0.477 e. The first-order chi connectivity index (χ1) is 17.3. The van der Waals surface area contributed by atoms with Gasteiger partial charge in [-0.1, -0.05) is 42.1 Å². The fourth-order valence-electron chi connectivity index (χ4n) is 3.73. The minimum atomic E-state index is -1.24. The third-order valence-electron chi connectivity index (χ3n) is 5.49. The molecule has 1 unspecified atom stereocenters. The number of carbonyl (C=O) groups is 4. The van der Waals surface area contributed by atoms with Crippen LogP contribution in [-0.4, -0.2) is 83.5 Å². The van der Waals surface area contributed by atoms with Crippen LogP contribution in [0, 0.1) is 0 Å². The normalized spacial score (nSPS) is 19.8. The fourth-order valence-corrected chi connectivity index (χ4v) is 6.11. The number of carboxylic acids is 1. The number of tetrazole rings is 1. The lowest BCUT2D eigenvalue weighted by atomic mass is 10.0. The predicted octanol–water partition coefficient (Wildman–Crippen LogP) is -1.13. The lowest BCUT2D eigenvalue weighted by Gasteiger charge is -2.49. The van der Waals surface area contributed by atoms with Crippen LogP contribution in [-0.2, 0) is 20.9 Å². The number of benzene rings is 1. The lowest BCUT2D eigenvalue weighted by Crippen LogP contribution is -2.71. The van der Waals surface area contributed by atoms with Crippen molar-refractivity contribution in [1.29, 1.82) is 0 Å². The van der Waals surface area contributed by atoms with E-state index in [-0.39, 0.29) is 24.5 Å². The number of primary amides is 1. The molecule has 7 N–H and O–H groups in total. The molecule has 0 spiro atoms. The molecular formula is C20H23N9O5S2. The Hall–Kier alpha value is -3.63. The van der Waals surface area contributed by atoms with Gasteiger partial charge in [0.05, 0.1) is 6.54 Å². The smallest absolute Gasteiger partial charge is 0.352 e. The maximum atomic E-state index is 12.9. The number of aliphatic carboxylic acids is 1. The molecule has 2 aromatic rings. The van der Waals surface area contributed by atoms with Crippen LogP contribution in [0.4, 0.5) is 4.79 Å². The van der Waals surface area contributed by atoms with Gasteiger partial charge in [-0.05, 0) is 21.6 Å². The zero-order chi connectivity index (χ0) is 25.8. The van der Waals surface area contributed by atoms with Gasteiger partial charge >= 0.3 is 12.0 Å². The first kappa shape index (κ1) is 25.5. The topological polar surface area (TPSA) is 211 Å². The Morgan fingerprint density at radius 1 is 1.28 bits per heavy atom. The number of nitrogens with one attached hydrogen (secondary N) is 2. The van der Waals surface area contributed by atoms with Crippen molar-refractivity contribution in [3.8, 4) is 0 Å². The van der Waals surface area contributed by atoms with Gasteiger partial charge in [0.25, 0.3) is 5.91 Å². The van der Waals surface area contributed by atoms with Crippen molar-refractivity contribution in [3.63, 3.8) is 0 Å². The van der Waals surface area contributed by atoms with Gasteiger partial charge in [-0.15, -0.1) is 16.9 Å². The molecule has 1 aromatic carbocycles. The molecule has 1 fully saturated rings. The predicted molar refractivity (Wildman–Crippen MR) is 129 cm³/mol. The van der Waals surface area contributed by atoms with Gasteiger partial charge < -0.3 is 27.2 Å². The van der Waals surface area contributed by atoms with Crippen molar-refractivity contribution in [2.45, 2.75) is 29.2 Å². The number of aromatic nitrogens is 4. The third-order valence-corrected chi connectivity index (χ3v) is 7.87. The summed E-state index contributed by atoms with van der Waals surface area (Å²) in [6.07, 6.45) is 0. The number of hydrogen-bond acceptors (Lipinski definition) is 10. The van der Waals surface area contributed by atoms with E-state index in [2.05, 4.69) is 26.2 Å². The van der Waals surface area contributed by atoms with Crippen LogP contribution in [0.3, 0.4) is 0 Å². The van der Waals surface area contributed by atoms with Gasteiger partial charge in [0.15, 0.2) is 0 Å². The van der Waals surface area contributed by atoms with E-state index in [1.807, 2.05) is 0 Å². The Kier molecular flexibility index (Phi) is 7.76. The number of carbonyl (C=O) groups excluding carboxylic acids is 3. The summed E-state index contributed by atoms with van der Waals surface area (Å²) in [5.74, 6) is -1.70. The summed E-state index contributed by atoms with van der Waals surface area (Å²) in [5, 5.41) is 26.2. The van der Waals surface area contributed by atoms with Crippen LogP contribution in [0.2, 0.25) is 0 Å². The van der Waals surface area contributed by atoms with Crippen molar-refractivity contribution in [3.05, 3.63) is 47.2 Å². The van der Waals surface area contributed by atoms with Crippen molar-refractivity contribution < 1.29 is 24.3 Å². The van der Waals surface area contributed by atoms with E-state index in [4.69, 9.17) is 11.5 Å². The lowest BCUT2D eigenvalue weighted by molar-refractivity contribution is -0.150. The van der Waals surface area contributed by atoms with Gasteiger partial charge in [-0.25, -0.2) is 14.3 Å². The summed E-state index contributed by atoms with van der Waals surface area (Å²) in [6.45, 7) is 0.495. The van der Waals surface area contributed by atoms with Crippen molar-refractivity contribution >= 4 is 47.3 Å². The monoisotopic (exact) mass is 533 g/mol. The Morgan fingerprint density at radius 3 is 2.72 bits per heavy atom. The average molecular weight is 534 g/mol. The molecule has 1 saturated heterocycles. The van der Waals surface area contributed by atoms with Crippen LogP contribution in [0.5, 0.6) is 0 Å².